The van der Waals surface area contributed by atoms with Gasteiger partial charge in [-0.25, -0.2) is 0 Å². The average Bonchev–Trinajstić information content (AvgIpc) is 3.48. The number of hydrogen-bond acceptors (Lipinski definition) is 3. The van der Waals surface area contributed by atoms with Gasteiger partial charge in [-0.3, -0.25) is 0 Å². The summed E-state index contributed by atoms with van der Waals surface area (Å²) >= 11 is 0. The van der Waals surface area contributed by atoms with Gasteiger partial charge in [0, 0.05) is 11.8 Å². The molecular formula is C26H30O3. The second-order valence-electron chi connectivity index (χ2n) is 6.43. The first-order valence-corrected chi connectivity index (χ1v) is 9.17. The van der Waals surface area contributed by atoms with Crippen LogP contribution in [0.2, 0.25) is 0 Å². The quantitative estimate of drug-likeness (QED) is 0.322. The van der Waals surface area contributed by atoms with Crippen molar-refractivity contribution in [2.45, 2.75) is 34.5 Å². The van der Waals surface area contributed by atoms with Crippen molar-refractivity contribution in [2.24, 2.45) is 0 Å². The third-order valence-electron chi connectivity index (χ3n) is 4.60. The van der Waals surface area contributed by atoms with Crippen molar-refractivity contribution >= 4 is 11.0 Å². The Bertz CT molecular complexity index is 878. The summed E-state index contributed by atoms with van der Waals surface area (Å²) in [6, 6.07) is 26.4. The van der Waals surface area contributed by atoms with Crippen molar-refractivity contribution in [3.05, 3.63) is 102 Å². The van der Waals surface area contributed by atoms with Crippen molar-refractivity contribution in [3.63, 3.8) is 0 Å². The standard InChI is InChI=1S/2C8H8O.C8H6O.2CH4/c1-2-4-8-6-9-5-7(8)3-1;2*1-2-4-8-7(3-1)5-6-9-8;;/h2*1-4H,5-6H2;1-6H;2*1H4. The van der Waals surface area contributed by atoms with E-state index < -0.39 is 0 Å². The molecule has 0 N–H and O–H groups in total. The summed E-state index contributed by atoms with van der Waals surface area (Å²) in [5.41, 5.74) is 4.99. The lowest BCUT2D eigenvalue weighted by molar-refractivity contribution is 0.134. The minimum Gasteiger partial charge on any atom is -0.493 e. The molecule has 0 aliphatic carbocycles. The van der Waals surface area contributed by atoms with Crippen LogP contribution in [0.4, 0.5) is 0 Å². The summed E-state index contributed by atoms with van der Waals surface area (Å²) < 4.78 is 15.6. The molecule has 152 valence electrons. The van der Waals surface area contributed by atoms with Crippen molar-refractivity contribution < 1.29 is 13.9 Å². The Morgan fingerprint density at radius 2 is 1.24 bits per heavy atom. The molecule has 2 aliphatic rings. The van der Waals surface area contributed by atoms with Crippen LogP contribution in [0.5, 0.6) is 5.75 Å². The van der Waals surface area contributed by atoms with E-state index in [1.54, 1.807) is 6.26 Å². The zero-order chi connectivity index (χ0) is 18.3. The monoisotopic (exact) mass is 390 g/mol. The maximum Gasteiger partial charge on any atom is 0.133 e. The topological polar surface area (TPSA) is 31.6 Å². The minimum atomic E-state index is 0. The molecule has 0 amide bonds. The second-order valence-corrected chi connectivity index (χ2v) is 6.43. The average molecular weight is 391 g/mol. The number of benzene rings is 3. The fraction of sp³-hybridized carbons (Fsp3) is 0.231. The van der Waals surface area contributed by atoms with Crippen LogP contribution in [0.1, 0.15) is 31.5 Å². The zero-order valence-electron chi connectivity index (χ0n) is 15.1. The largest absolute Gasteiger partial charge is 0.493 e. The van der Waals surface area contributed by atoms with Crippen LogP contribution in [-0.4, -0.2) is 6.61 Å². The fourth-order valence-corrected chi connectivity index (χ4v) is 3.14. The molecule has 0 unspecified atom stereocenters. The molecule has 0 saturated carbocycles. The van der Waals surface area contributed by atoms with Gasteiger partial charge in [0.05, 0.1) is 26.1 Å². The lowest BCUT2D eigenvalue weighted by Crippen LogP contribution is -1.85. The summed E-state index contributed by atoms with van der Waals surface area (Å²) in [4.78, 5) is 0. The Balaban J connectivity index is 0.000000150. The van der Waals surface area contributed by atoms with E-state index >= 15 is 0 Å². The van der Waals surface area contributed by atoms with Crippen LogP contribution in [0.25, 0.3) is 11.0 Å². The Morgan fingerprint density at radius 1 is 0.621 bits per heavy atom. The third kappa shape index (κ3) is 5.72. The maximum absolute atomic E-state index is 5.30. The molecular weight excluding hydrogens is 360 g/mol. The van der Waals surface area contributed by atoms with Gasteiger partial charge in [0.25, 0.3) is 0 Å². The van der Waals surface area contributed by atoms with Gasteiger partial charge in [0.15, 0.2) is 0 Å². The molecule has 0 atom stereocenters. The van der Waals surface area contributed by atoms with Crippen LogP contribution < -0.4 is 4.74 Å². The predicted octanol–water partition coefficient (Wildman–Crippen LogP) is 7.04. The Hall–Kier alpha value is -3.04. The van der Waals surface area contributed by atoms with Crippen molar-refractivity contribution in [1.82, 2.24) is 0 Å². The van der Waals surface area contributed by atoms with Gasteiger partial charge in [-0.15, -0.1) is 0 Å². The molecule has 0 radical (unpaired) electrons. The molecule has 0 bridgehead atoms. The SMILES string of the molecule is C.C.c1ccc2c(c1)CCO2.c1ccc2c(c1)COC2.c1ccc2occc2c1. The fourth-order valence-electron chi connectivity index (χ4n) is 3.14. The van der Waals surface area contributed by atoms with Crippen molar-refractivity contribution in [1.29, 1.82) is 0 Å². The Kier molecular flexibility index (Phi) is 8.50. The summed E-state index contributed by atoms with van der Waals surface area (Å²) in [6.07, 6.45) is 2.78. The van der Waals surface area contributed by atoms with Crippen LogP contribution in [0.3, 0.4) is 0 Å². The summed E-state index contributed by atoms with van der Waals surface area (Å²) in [6.45, 7) is 2.46. The van der Waals surface area contributed by atoms with Crippen LogP contribution in [0.15, 0.2) is 89.5 Å². The van der Waals surface area contributed by atoms with E-state index in [4.69, 9.17) is 13.9 Å². The van der Waals surface area contributed by atoms with E-state index in [2.05, 4.69) is 18.2 Å². The smallest absolute Gasteiger partial charge is 0.133 e. The van der Waals surface area contributed by atoms with Gasteiger partial charge >= 0.3 is 0 Å². The van der Waals surface area contributed by atoms with Gasteiger partial charge in [-0.2, -0.15) is 0 Å². The van der Waals surface area contributed by atoms with Crippen LogP contribution in [-0.2, 0) is 24.4 Å². The van der Waals surface area contributed by atoms with Crippen molar-refractivity contribution in [3.8, 4) is 5.75 Å². The highest BCUT2D eigenvalue weighted by atomic mass is 16.5. The molecule has 2 aliphatic heterocycles. The van der Waals surface area contributed by atoms with E-state index in [1.807, 2.05) is 60.7 Å². The number of fused-ring (bicyclic) bond motifs is 3. The van der Waals surface area contributed by atoms with Crippen LogP contribution in [0, 0.1) is 0 Å². The Morgan fingerprint density at radius 3 is 1.93 bits per heavy atom. The maximum atomic E-state index is 5.30. The first-order chi connectivity index (χ1) is 13.4. The lowest BCUT2D eigenvalue weighted by Gasteiger charge is -1.93. The van der Waals surface area contributed by atoms with E-state index in [0.717, 1.165) is 43.0 Å². The second kappa shape index (κ2) is 11.1. The molecule has 4 aromatic rings. The minimum absolute atomic E-state index is 0. The molecule has 6 rings (SSSR count). The van der Waals surface area contributed by atoms with Gasteiger partial charge in [0.2, 0.25) is 0 Å². The molecule has 3 heterocycles. The van der Waals surface area contributed by atoms with Gasteiger partial charge in [-0.05, 0) is 34.9 Å². The van der Waals surface area contributed by atoms with Crippen molar-refractivity contribution in [2.75, 3.05) is 6.61 Å². The number of hydrogen-bond donors (Lipinski definition) is 0. The van der Waals surface area contributed by atoms with Crippen LogP contribution >= 0.6 is 0 Å². The first kappa shape index (κ1) is 22.3. The van der Waals surface area contributed by atoms with Gasteiger partial charge in [0.1, 0.15) is 11.3 Å². The van der Waals surface area contributed by atoms with Gasteiger partial charge < -0.3 is 13.9 Å². The van der Waals surface area contributed by atoms with E-state index in [1.165, 1.54) is 16.7 Å². The molecule has 3 aromatic carbocycles. The highest BCUT2D eigenvalue weighted by Crippen LogP contribution is 2.23. The number of ether oxygens (including phenoxy) is 2. The highest BCUT2D eigenvalue weighted by Gasteiger charge is 2.08. The molecule has 0 spiro atoms. The third-order valence-corrected chi connectivity index (χ3v) is 4.60. The highest BCUT2D eigenvalue weighted by molar-refractivity contribution is 5.76. The summed E-state index contributed by atoms with van der Waals surface area (Å²) in [7, 11) is 0. The summed E-state index contributed by atoms with van der Waals surface area (Å²) in [5.74, 6) is 1.07. The van der Waals surface area contributed by atoms with E-state index in [-0.39, 0.29) is 14.9 Å². The van der Waals surface area contributed by atoms with Gasteiger partial charge in [-0.1, -0.05) is 75.5 Å². The Labute approximate surface area is 173 Å². The van der Waals surface area contributed by atoms with E-state index in [0.29, 0.717) is 0 Å². The predicted molar refractivity (Wildman–Crippen MR) is 120 cm³/mol. The zero-order valence-corrected chi connectivity index (χ0v) is 15.1. The molecule has 3 heteroatoms. The van der Waals surface area contributed by atoms with E-state index in [9.17, 15) is 0 Å². The first-order valence-electron chi connectivity index (χ1n) is 9.17. The summed E-state index contributed by atoms with van der Waals surface area (Å²) in [5, 5.41) is 1.16. The molecule has 0 saturated heterocycles. The molecule has 0 fully saturated rings. The number of rotatable bonds is 0. The number of para-hydroxylation sites is 2. The normalized spacial score (nSPS) is 12.6. The number of furan rings is 1. The lowest BCUT2D eigenvalue weighted by atomic mass is 10.1. The molecule has 29 heavy (non-hydrogen) atoms. The molecule has 1 aromatic heterocycles. The molecule has 3 nitrogen and oxygen atoms in total.